The Balaban J connectivity index is 1.51. The third kappa shape index (κ3) is 5.72. The van der Waals surface area contributed by atoms with Gasteiger partial charge in [-0.15, -0.1) is 5.10 Å². The molecule has 0 spiro atoms. The van der Waals surface area contributed by atoms with Crippen molar-refractivity contribution in [3.05, 3.63) is 34.5 Å². The van der Waals surface area contributed by atoms with E-state index in [2.05, 4.69) is 31.1 Å². The summed E-state index contributed by atoms with van der Waals surface area (Å²) >= 11 is 8.36. The molecule has 1 aliphatic rings. The zero-order valence-corrected chi connectivity index (χ0v) is 20.3. The molecule has 0 saturated heterocycles. The Kier molecular flexibility index (Phi) is 7.44. The van der Waals surface area contributed by atoms with E-state index in [1.807, 2.05) is 0 Å². The van der Waals surface area contributed by atoms with E-state index in [0.29, 0.717) is 25.6 Å². The first kappa shape index (κ1) is 24.1. The van der Waals surface area contributed by atoms with Gasteiger partial charge in [0.1, 0.15) is 0 Å². The molecule has 14 heteroatoms. The van der Waals surface area contributed by atoms with Crippen molar-refractivity contribution < 1.29 is 19.5 Å². The van der Waals surface area contributed by atoms with Crippen LogP contribution in [0.25, 0.3) is 0 Å². The fourth-order valence-electron chi connectivity index (χ4n) is 3.60. The lowest BCUT2D eigenvalue weighted by Gasteiger charge is -2.14. The predicted octanol–water partition coefficient (Wildman–Crippen LogP) is 4.12. The number of carbonyl (C=O) groups excluding carboxylic acids is 2. The molecule has 1 aliphatic carbocycles. The fourth-order valence-corrected chi connectivity index (χ4v) is 5.76. The Morgan fingerprint density at radius 1 is 1.26 bits per heavy atom. The number of carboxylic acid groups (broad SMARTS) is 1. The maximum Gasteiger partial charge on any atom is 0.325 e. The van der Waals surface area contributed by atoms with Gasteiger partial charge in [-0.3, -0.25) is 14.9 Å². The lowest BCUT2D eigenvalue weighted by molar-refractivity contribution is -0.136. The summed E-state index contributed by atoms with van der Waals surface area (Å²) in [6, 6.07) is 4.14. The molecule has 1 fully saturated rings. The van der Waals surface area contributed by atoms with Crippen LogP contribution in [-0.2, 0) is 18.3 Å². The summed E-state index contributed by atoms with van der Waals surface area (Å²) in [4.78, 5) is 41.2. The van der Waals surface area contributed by atoms with E-state index >= 15 is 0 Å². The second-order valence-electron chi connectivity index (χ2n) is 7.63. The highest BCUT2D eigenvalue weighted by atomic mass is 35.5. The van der Waals surface area contributed by atoms with Gasteiger partial charge in [-0.05, 0) is 53.2 Å². The normalized spacial score (nSPS) is 13.7. The SMILES string of the molecule is Cn1nnnc1Sc1sc(NC(=O)Nc2ccc(Cl)cc2C(=O)C2CCCC2)nc1CC(=O)O. The van der Waals surface area contributed by atoms with E-state index in [0.717, 1.165) is 48.8 Å². The number of nitrogens with zero attached hydrogens (tertiary/aromatic N) is 5. The molecule has 178 valence electrons. The number of anilines is 2. The van der Waals surface area contributed by atoms with Gasteiger partial charge in [-0.1, -0.05) is 35.8 Å². The molecule has 0 unspecified atom stereocenters. The number of urea groups is 1. The van der Waals surface area contributed by atoms with Gasteiger partial charge in [0.05, 0.1) is 22.0 Å². The van der Waals surface area contributed by atoms with Crippen LogP contribution in [0.2, 0.25) is 5.02 Å². The molecular formula is C20H20ClN7O4S2. The Labute approximate surface area is 207 Å². The van der Waals surface area contributed by atoms with Crippen molar-refractivity contribution in [3.63, 3.8) is 0 Å². The van der Waals surface area contributed by atoms with E-state index < -0.39 is 12.0 Å². The second-order valence-corrected chi connectivity index (χ2v) is 10.3. The van der Waals surface area contributed by atoms with E-state index in [1.165, 1.54) is 4.68 Å². The first-order valence-electron chi connectivity index (χ1n) is 10.3. The molecule has 4 rings (SSSR count). The van der Waals surface area contributed by atoms with Crippen molar-refractivity contribution in [2.24, 2.45) is 13.0 Å². The van der Waals surface area contributed by atoms with Gasteiger partial charge >= 0.3 is 12.0 Å². The number of Topliss-reactive ketones (excluding diaryl/α,β-unsaturated/α-hetero) is 1. The number of hydrogen-bond acceptors (Lipinski definition) is 9. The summed E-state index contributed by atoms with van der Waals surface area (Å²) in [7, 11) is 1.66. The number of amides is 2. The molecule has 2 aromatic heterocycles. The number of rotatable bonds is 8. The van der Waals surface area contributed by atoms with Crippen LogP contribution in [0, 0.1) is 5.92 Å². The highest BCUT2D eigenvalue weighted by molar-refractivity contribution is 8.01. The van der Waals surface area contributed by atoms with E-state index in [1.54, 1.807) is 25.2 Å². The number of benzene rings is 1. The van der Waals surface area contributed by atoms with Crippen molar-refractivity contribution in [1.29, 1.82) is 0 Å². The topological polar surface area (TPSA) is 152 Å². The number of halogens is 1. The number of nitrogens with one attached hydrogen (secondary N) is 2. The molecule has 0 radical (unpaired) electrons. The van der Waals surface area contributed by atoms with Crippen LogP contribution in [0.5, 0.6) is 0 Å². The van der Waals surface area contributed by atoms with Crippen LogP contribution in [0.4, 0.5) is 15.6 Å². The van der Waals surface area contributed by atoms with Gasteiger partial charge < -0.3 is 10.4 Å². The molecular weight excluding hydrogens is 502 g/mol. The first-order valence-corrected chi connectivity index (χ1v) is 12.3. The molecule has 0 bridgehead atoms. The van der Waals surface area contributed by atoms with Crippen molar-refractivity contribution >= 4 is 63.3 Å². The standard InChI is InChI=1S/C20H20ClN7O4S2/c1-28-20(25-26-27-28)34-17-14(9-15(29)30)23-19(33-17)24-18(32)22-13-7-6-11(21)8-12(13)16(31)10-4-2-3-5-10/h6-8,10H,2-5,9H2,1H3,(H,29,30)(H2,22,23,24,32). The third-order valence-corrected chi connectivity index (χ3v) is 7.68. The van der Waals surface area contributed by atoms with Crippen LogP contribution in [0.1, 0.15) is 41.7 Å². The van der Waals surface area contributed by atoms with Crippen molar-refractivity contribution in [2.45, 2.75) is 41.5 Å². The number of carbonyl (C=O) groups is 3. The van der Waals surface area contributed by atoms with Crippen LogP contribution < -0.4 is 10.6 Å². The molecule has 2 amide bonds. The number of ketones is 1. The van der Waals surface area contributed by atoms with Crippen LogP contribution in [-0.4, -0.2) is 48.1 Å². The number of aromatic nitrogens is 5. The van der Waals surface area contributed by atoms with Crippen molar-refractivity contribution in [3.8, 4) is 0 Å². The zero-order valence-electron chi connectivity index (χ0n) is 17.9. The van der Waals surface area contributed by atoms with Crippen LogP contribution in [0.3, 0.4) is 0 Å². The highest BCUT2D eigenvalue weighted by Crippen LogP contribution is 2.37. The van der Waals surface area contributed by atoms with Gasteiger partial charge in [0, 0.05) is 23.6 Å². The number of carboxylic acids is 1. The average Bonchev–Trinajstić information content (AvgIpc) is 3.52. The summed E-state index contributed by atoms with van der Waals surface area (Å²) in [5, 5.41) is 26.8. The molecule has 0 atom stereocenters. The van der Waals surface area contributed by atoms with Crippen LogP contribution >= 0.6 is 34.7 Å². The van der Waals surface area contributed by atoms with Gasteiger partial charge in [0.15, 0.2) is 10.9 Å². The molecule has 3 aromatic rings. The molecule has 3 N–H and O–H groups in total. The van der Waals surface area contributed by atoms with Crippen LogP contribution in [0.15, 0.2) is 27.6 Å². The zero-order chi connectivity index (χ0) is 24.2. The minimum absolute atomic E-state index is 0.0377. The van der Waals surface area contributed by atoms with E-state index in [-0.39, 0.29) is 28.9 Å². The first-order chi connectivity index (χ1) is 16.3. The quantitative estimate of drug-likeness (QED) is 0.371. The maximum atomic E-state index is 13.0. The number of thiazole rings is 1. The largest absolute Gasteiger partial charge is 0.481 e. The third-order valence-electron chi connectivity index (χ3n) is 5.19. The summed E-state index contributed by atoms with van der Waals surface area (Å²) in [6.07, 6.45) is 3.33. The Bertz CT molecular complexity index is 1240. The van der Waals surface area contributed by atoms with Gasteiger partial charge in [0.25, 0.3) is 0 Å². The summed E-state index contributed by atoms with van der Waals surface area (Å²) in [6.45, 7) is 0. The van der Waals surface area contributed by atoms with Crippen molar-refractivity contribution in [2.75, 3.05) is 10.6 Å². The predicted molar refractivity (Wildman–Crippen MR) is 127 cm³/mol. The Morgan fingerprint density at radius 2 is 2.03 bits per heavy atom. The number of aliphatic carboxylic acids is 1. The second kappa shape index (κ2) is 10.5. The maximum absolute atomic E-state index is 13.0. The molecule has 0 aliphatic heterocycles. The smallest absolute Gasteiger partial charge is 0.325 e. The monoisotopic (exact) mass is 521 g/mol. The lowest BCUT2D eigenvalue weighted by atomic mass is 9.95. The van der Waals surface area contributed by atoms with E-state index in [4.69, 9.17) is 11.6 Å². The molecule has 1 saturated carbocycles. The number of tetrazole rings is 1. The number of hydrogen-bond donors (Lipinski definition) is 3. The highest BCUT2D eigenvalue weighted by Gasteiger charge is 2.26. The minimum Gasteiger partial charge on any atom is -0.481 e. The minimum atomic E-state index is -1.06. The molecule has 34 heavy (non-hydrogen) atoms. The summed E-state index contributed by atoms with van der Waals surface area (Å²) in [5.74, 6) is -1.17. The molecule has 2 heterocycles. The average molecular weight is 522 g/mol. The van der Waals surface area contributed by atoms with Gasteiger partial charge in [0.2, 0.25) is 5.16 Å². The fraction of sp³-hybridized carbons (Fsp3) is 0.350. The Hall–Kier alpha value is -3.03. The van der Waals surface area contributed by atoms with Gasteiger partial charge in [-0.2, -0.15) is 0 Å². The van der Waals surface area contributed by atoms with Gasteiger partial charge in [-0.25, -0.2) is 14.5 Å². The number of aryl methyl sites for hydroxylation is 1. The van der Waals surface area contributed by atoms with Crippen molar-refractivity contribution in [1.82, 2.24) is 25.2 Å². The molecule has 1 aromatic carbocycles. The van der Waals surface area contributed by atoms with E-state index in [9.17, 15) is 19.5 Å². The summed E-state index contributed by atoms with van der Waals surface area (Å²) < 4.78 is 1.98. The summed E-state index contributed by atoms with van der Waals surface area (Å²) in [5.41, 5.74) is 0.997. The Morgan fingerprint density at radius 3 is 2.71 bits per heavy atom. The lowest BCUT2D eigenvalue weighted by Crippen LogP contribution is -2.22. The molecule has 11 nitrogen and oxygen atoms in total.